The minimum Gasteiger partial charge on any atom is -0.461 e. The number of benzene rings is 1. The Morgan fingerprint density at radius 2 is 1.84 bits per heavy atom. The average molecular weight is 621 g/mol. The van der Waals surface area contributed by atoms with Crippen molar-refractivity contribution in [3.8, 4) is 5.75 Å². The lowest BCUT2D eigenvalue weighted by atomic mass is 9.45. The second-order valence-corrected chi connectivity index (χ2v) is 15.6. The molecule has 8 atom stereocenters. The molecule has 5 fully saturated rings. The number of fused-ring (bicyclic) bond motifs is 6. The minimum atomic E-state index is -0.908. The maximum atomic E-state index is 10.4. The van der Waals surface area contributed by atoms with Crippen LogP contribution in [0.15, 0.2) is 29.4 Å². The Hall–Kier alpha value is -2.13. The highest BCUT2D eigenvalue weighted by molar-refractivity contribution is 5.92. The predicted molar refractivity (Wildman–Crippen MR) is 179 cm³/mol. The van der Waals surface area contributed by atoms with Gasteiger partial charge in [-0.2, -0.15) is 0 Å². The number of piperazine rings is 1. The van der Waals surface area contributed by atoms with Crippen molar-refractivity contribution in [3.63, 3.8) is 0 Å². The van der Waals surface area contributed by atoms with Gasteiger partial charge in [0.2, 0.25) is 6.29 Å². The fraction of sp³-hybridized carbons (Fsp3) is 0.757. The van der Waals surface area contributed by atoms with Gasteiger partial charge in [-0.25, -0.2) is 0 Å². The van der Waals surface area contributed by atoms with Gasteiger partial charge >= 0.3 is 0 Å². The normalized spacial score (nSPS) is 38.9. The van der Waals surface area contributed by atoms with E-state index in [1.54, 1.807) is 0 Å². The van der Waals surface area contributed by atoms with Gasteiger partial charge in [-0.15, -0.1) is 0 Å². The number of rotatable bonds is 8. The van der Waals surface area contributed by atoms with Crippen LogP contribution in [0.1, 0.15) is 83.6 Å². The van der Waals surface area contributed by atoms with Gasteiger partial charge in [0.15, 0.2) is 0 Å². The van der Waals surface area contributed by atoms with E-state index < -0.39 is 6.29 Å². The molecule has 4 aliphatic carbocycles. The van der Waals surface area contributed by atoms with Crippen LogP contribution in [0.3, 0.4) is 0 Å². The molecule has 1 aromatic carbocycles. The topological polar surface area (TPSA) is 89.8 Å². The first-order valence-corrected chi connectivity index (χ1v) is 18.0. The molecular formula is C37H56N4O4. The summed E-state index contributed by atoms with van der Waals surface area (Å²) in [5, 5.41) is 29.0. The number of aliphatic hydroxyl groups excluding tert-OH is 2. The summed E-state index contributed by atoms with van der Waals surface area (Å²) in [7, 11) is 2.17. The predicted octanol–water partition coefficient (Wildman–Crippen LogP) is 5.29. The highest BCUT2D eigenvalue weighted by atomic mass is 16.6. The van der Waals surface area contributed by atoms with Gasteiger partial charge < -0.3 is 34.9 Å². The smallest absolute Gasteiger partial charge is 0.217 e. The molecule has 0 radical (unpaired) electrons. The maximum absolute atomic E-state index is 10.4. The third-order valence-corrected chi connectivity index (χ3v) is 13.3. The minimum absolute atomic E-state index is 0.0743. The number of anilines is 1. The molecule has 6 aliphatic rings. The second kappa shape index (κ2) is 12.8. The summed E-state index contributed by atoms with van der Waals surface area (Å²) in [5.41, 5.74) is 5.25. The molecule has 45 heavy (non-hydrogen) atoms. The number of hydrogen-bond donors (Lipinski definition) is 3. The van der Waals surface area contributed by atoms with Gasteiger partial charge in [-0.3, -0.25) is 0 Å². The van der Waals surface area contributed by atoms with E-state index in [0.717, 1.165) is 105 Å². The fourth-order valence-electron chi connectivity index (χ4n) is 10.5. The number of ether oxygens (including phenoxy) is 1. The molecular weight excluding hydrogens is 564 g/mol. The van der Waals surface area contributed by atoms with Crippen molar-refractivity contribution >= 4 is 17.0 Å². The first-order chi connectivity index (χ1) is 21.7. The van der Waals surface area contributed by atoms with E-state index in [4.69, 9.17) is 14.7 Å². The summed E-state index contributed by atoms with van der Waals surface area (Å²) < 4.78 is 5.81. The Balaban J connectivity index is 0.880. The number of nitrogens with zero attached hydrogens (tertiary/aromatic N) is 3. The molecule has 3 N–H and O–H groups in total. The van der Waals surface area contributed by atoms with Crippen molar-refractivity contribution < 1.29 is 19.8 Å². The molecule has 4 saturated carbocycles. The van der Waals surface area contributed by atoms with Crippen LogP contribution in [0.4, 0.5) is 5.69 Å². The Kier molecular flexibility index (Phi) is 8.96. The maximum Gasteiger partial charge on any atom is 0.217 e. The fourth-order valence-corrected chi connectivity index (χ4v) is 10.5. The zero-order valence-corrected chi connectivity index (χ0v) is 27.8. The third-order valence-electron chi connectivity index (χ3n) is 13.3. The largest absolute Gasteiger partial charge is 0.461 e. The first-order valence-electron chi connectivity index (χ1n) is 18.0. The molecule has 2 heterocycles. The van der Waals surface area contributed by atoms with Gasteiger partial charge in [0.25, 0.3) is 0 Å². The van der Waals surface area contributed by atoms with Crippen molar-refractivity contribution in [1.82, 2.24) is 10.2 Å². The Morgan fingerprint density at radius 3 is 2.69 bits per heavy atom. The zero-order chi connectivity index (χ0) is 31.2. The summed E-state index contributed by atoms with van der Waals surface area (Å²) in [6.45, 7) is 11.3. The van der Waals surface area contributed by atoms with Crippen LogP contribution in [0, 0.1) is 34.5 Å². The van der Waals surface area contributed by atoms with Crippen LogP contribution in [0.25, 0.3) is 5.57 Å². The molecule has 1 aromatic rings. The van der Waals surface area contributed by atoms with E-state index in [0.29, 0.717) is 17.9 Å². The summed E-state index contributed by atoms with van der Waals surface area (Å²) in [6.07, 6.45) is 12.4. The summed E-state index contributed by atoms with van der Waals surface area (Å²) in [5.74, 6) is 3.82. The van der Waals surface area contributed by atoms with Crippen molar-refractivity contribution in [3.05, 3.63) is 29.8 Å². The summed E-state index contributed by atoms with van der Waals surface area (Å²) in [6, 6.07) is 6.42. The molecule has 8 heteroatoms. The number of aliphatic hydroxyl groups is 2. The van der Waals surface area contributed by atoms with Crippen molar-refractivity contribution in [2.45, 2.75) is 90.4 Å². The van der Waals surface area contributed by atoms with Crippen LogP contribution in [0.2, 0.25) is 0 Å². The molecule has 0 amide bonds. The highest BCUT2D eigenvalue weighted by Crippen LogP contribution is 2.65. The summed E-state index contributed by atoms with van der Waals surface area (Å²) >= 11 is 0. The molecule has 8 nitrogen and oxygen atoms in total. The van der Waals surface area contributed by atoms with Gasteiger partial charge in [0.1, 0.15) is 12.4 Å². The Morgan fingerprint density at radius 1 is 1.00 bits per heavy atom. The quantitative estimate of drug-likeness (QED) is 0.269. The molecule has 0 bridgehead atoms. The molecule has 1 saturated heterocycles. The summed E-state index contributed by atoms with van der Waals surface area (Å²) in [4.78, 5) is 10.7. The van der Waals surface area contributed by atoms with Crippen LogP contribution in [0.5, 0.6) is 5.75 Å². The van der Waals surface area contributed by atoms with Gasteiger partial charge in [-0.05, 0) is 131 Å². The van der Waals surface area contributed by atoms with Crippen LogP contribution in [-0.4, -0.2) is 86.1 Å². The van der Waals surface area contributed by atoms with E-state index in [-0.39, 0.29) is 11.5 Å². The van der Waals surface area contributed by atoms with E-state index in [2.05, 4.69) is 54.2 Å². The van der Waals surface area contributed by atoms with E-state index in [1.807, 2.05) is 6.08 Å². The molecule has 0 aromatic heterocycles. The van der Waals surface area contributed by atoms with Gasteiger partial charge in [0.05, 0.1) is 11.8 Å². The van der Waals surface area contributed by atoms with E-state index in [9.17, 15) is 10.2 Å². The Labute approximate surface area is 270 Å². The van der Waals surface area contributed by atoms with Crippen molar-refractivity contribution in [2.75, 3.05) is 57.8 Å². The van der Waals surface area contributed by atoms with E-state index >= 15 is 0 Å². The second-order valence-electron chi connectivity index (χ2n) is 15.6. The highest BCUT2D eigenvalue weighted by Gasteiger charge is 2.59. The van der Waals surface area contributed by atoms with Gasteiger partial charge in [-0.1, -0.05) is 19.0 Å². The lowest BCUT2D eigenvalue weighted by Crippen LogP contribution is -2.54. The molecule has 1 unspecified atom stereocenters. The number of likely N-dealkylation sites (N-methyl/N-ethyl adjacent to an activating group) is 1. The lowest BCUT2D eigenvalue weighted by Gasteiger charge is -2.60. The zero-order valence-electron chi connectivity index (χ0n) is 27.8. The molecule has 7 rings (SSSR count). The molecule has 2 aliphatic heterocycles. The van der Waals surface area contributed by atoms with Gasteiger partial charge in [0, 0.05) is 55.5 Å². The monoisotopic (exact) mass is 620 g/mol. The van der Waals surface area contributed by atoms with E-state index in [1.165, 1.54) is 44.2 Å². The number of hydrogen-bond acceptors (Lipinski definition) is 8. The standard InChI is InChI=1S/C37H56N4O4/c1-36-13-10-28(42)23-26(36)4-6-30-31-8-9-34(37(31,2)14-11-32(30)36)39-44-21-16-38-15-12-25-22-35(43)45-33-24-27(5-7-29(25)33)41-19-17-40(3)18-20-41/h5,7,22,24,26,28,30-32,35,38,42-43H,4,6,8-21,23H2,1-3H3/b39-34-/t26-,28+,30-,31-,32-,35?,36-,37-/m0/s1. The SMILES string of the molecule is CN1CCN(c2ccc3c(c2)OC(O)C=C3CCNCCO/N=C2/CC[C@H]3[C@@H]4CC[C@H]5C[C@H](O)CC[C@]5(C)[C@H]4CC[C@]23C)CC1. The van der Waals surface area contributed by atoms with Crippen molar-refractivity contribution in [2.24, 2.45) is 39.7 Å². The van der Waals surface area contributed by atoms with Crippen LogP contribution >= 0.6 is 0 Å². The number of oxime groups is 1. The molecule has 248 valence electrons. The van der Waals surface area contributed by atoms with Crippen molar-refractivity contribution in [1.29, 1.82) is 0 Å². The van der Waals surface area contributed by atoms with Crippen LogP contribution in [-0.2, 0) is 4.84 Å². The average Bonchev–Trinajstić information content (AvgIpc) is 3.37. The Bertz CT molecular complexity index is 1280. The number of nitrogens with one attached hydrogen (secondary N) is 1. The molecule has 0 spiro atoms. The first kappa shape index (κ1) is 31.5. The lowest BCUT2D eigenvalue weighted by molar-refractivity contribution is -0.114. The third kappa shape index (κ3) is 6.05. The van der Waals surface area contributed by atoms with Crippen LogP contribution < -0.4 is 15.0 Å².